The third-order valence-electron chi connectivity index (χ3n) is 2.48. The molecule has 7 heteroatoms. The highest BCUT2D eigenvalue weighted by Crippen LogP contribution is 2.29. The van der Waals surface area contributed by atoms with Crippen LogP contribution in [0.3, 0.4) is 0 Å². The lowest BCUT2D eigenvalue weighted by atomic mass is 9.99. The lowest BCUT2D eigenvalue weighted by molar-refractivity contribution is -0.386. The molecule has 0 saturated heterocycles. The number of carbonyl (C=O) groups excluding carboxylic acids is 1. The second kappa shape index (κ2) is 6.44. The van der Waals surface area contributed by atoms with E-state index in [1.54, 1.807) is 0 Å². The largest absolute Gasteiger partial charge is 0.390 e. The van der Waals surface area contributed by atoms with Crippen LogP contribution in [0.5, 0.6) is 0 Å². The molecule has 0 fully saturated rings. The Labute approximate surface area is 108 Å². The molecule has 98 valence electrons. The maximum absolute atomic E-state index is 10.8. The molecular weight excluding hydrogens is 262 g/mol. The number of nitrogens with zero attached hydrogens (tertiary/aromatic N) is 1. The smallest absolute Gasteiger partial charge is 0.276 e. The average Bonchev–Trinajstić information content (AvgIpc) is 2.37. The molecule has 0 amide bonds. The van der Waals surface area contributed by atoms with Crippen molar-refractivity contribution in [2.45, 2.75) is 18.6 Å². The Bertz CT molecular complexity index is 451. The summed E-state index contributed by atoms with van der Waals surface area (Å²) in [5.41, 5.74) is -0.312. The number of halogens is 1. The van der Waals surface area contributed by atoms with Gasteiger partial charge in [-0.1, -0.05) is 6.07 Å². The molecule has 1 aromatic rings. The van der Waals surface area contributed by atoms with Gasteiger partial charge in [-0.05, 0) is 12.5 Å². The molecule has 0 radical (unpaired) electrons. The van der Waals surface area contributed by atoms with Crippen LogP contribution in [-0.2, 0) is 0 Å². The first kappa shape index (κ1) is 14.6. The Balaban J connectivity index is 3.14. The van der Waals surface area contributed by atoms with Gasteiger partial charge < -0.3 is 10.2 Å². The molecule has 18 heavy (non-hydrogen) atoms. The van der Waals surface area contributed by atoms with E-state index >= 15 is 0 Å². The van der Waals surface area contributed by atoms with Crippen LogP contribution in [-0.4, -0.2) is 33.4 Å². The van der Waals surface area contributed by atoms with Crippen LogP contribution in [0.25, 0.3) is 0 Å². The number of nitro benzene ring substituents is 1. The SMILES string of the molecule is O=Cc1ccc(C(O)C(O)CCCl)c([N+](=O)[O-])c1. The molecule has 0 aromatic heterocycles. The normalized spacial score (nSPS) is 13.9. The Hall–Kier alpha value is -1.50. The minimum absolute atomic E-state index is 0.0387. The van der Waals surface area contributed by atoms with Crippen LogP contribution in [0.2, 0.25) is 0 Å². The van der Waals surface area contributed by atoms with E-state index in [0.717, 1.165) is 6.07 Å². The lowest BCUT2D eigenvalue weighted by Crippen LogP contribution is -2.19. The van der Waals surface area contributed by atoms with Gasteiger partial charge in [0.25, 0.3) is 5.69 Å². The Morgan fingerprint density at radius 2 is 2.11 bits per heavy atom. The fourth-order valence-electron chi connectivity index (χ4n) is 1.52. The molecule has 2 unspecified atom stereocenters. The molecule has 6 nitrogen and oxygen atoms in total. The van der Waals surface area contributed by atoms with Crippen molar-refractivity contribution in [2.24, 2.45) is 0 Å². The van der Waals surface area contributed by atoms with Crippen LogP contribution in [0.1, 0.15) is 28.4 Å². The first-order chi connectivity index (χ1) is 8.51. The molecule has 2 N–H and O–H groups in total. The molecule has 0 saturated carbocycles. The van der Waals surface area contributed by atoms with E-state index in [9.17, 15) is 25.1 Å². The van der Waals surface area contributed by atoms with Crippen molar-refractivity contribution >= 4 is 23.6 Å². The van der Waals surface area contributed by atoms with E-state index in [1.807, 2.05) is 0 Å². The molecule has 0 aliphatic carbocycles. The van der Waals surface area contributed by atoms with Crippen LogP contribution in [0, 0.1) is 10.1 Å². The second-order valence-corrected chi connectivity index (χ2v) is 4.06. The Morgan fingerprint density at radius 1 is 1.44 bits per heavy atom. The van der Waals surface area contributed by atoms with Crippen molar-refractivity contribution in [2.75, 3.05) is 5.88 Å². The number of aliphatic hydroxyl groups excluding tert-OH is 2. The van der Waals surface area contributed by atoms with Crippen molar-refractivity contribution in [3.63, 3.8) is 0 Å². The number of rotatable bonds is 6. The summed E-state index contributed by atoms with van der Waals surface area (Å²) >= 11 is 5.43. The predicted molar refractivity (Wildman–Crippen MR) is 64.8 cm³/mol. The van der Waals surface area contributed by atoms with E-state index < -0.39 is 22.8 Å². The Morgan fingerprint density at radius 3 is 2.61 bits per heavy atom. The zero-order valence-corrected chi connectivity index (χ0v) is 10.1. The summed E-state index contributed by atoms with van der Waals surface area (Å²) in [6, 6.07) is 3.65. The number of nitro groups is 1. The third kappa shape index (κ3) is 3.25. The molecule has 0 aliphatic heterocycles. The predicted octanol–water partition coefficient (Wildman–Crippen LogP) is 1.43. The van der Waals surface area contributed by atoms with Gasteiger partial charge in [0, 0.05) is 17.5 Å². The van der Waals surface area contributed by atoms with E-state index in [-0.39, 0.29) is 23.4 Å². The van der Waals surface area contributed by atoms with Gasteiger partial charge in [-0.15, -0.1) is 11.6 Å². The fourth-order valence-corrected chi connectivity index (χ4v) is 1.74. The van der Waals surface area contributed by atoms with Gasteiger partial charge in [0.2, 0.25) is 0 Å². The van der Waals surface area contributed by atoms with Gasteiger partial charge in [0.1, 0.15) is 12.4 Å². The number of benzene rings is 1. The number of carbonyl (C=O) groups is 1. The lowest BCUT2D eigenvalue weighted by Gasteiger charge is -2.17. The number of hydrogen-bond acceptors (Lipinski definition) is 5. The van der Waals surface area contributed by atoms with Gasteiger partial charge in [0.05, 0.1) is 16.6 Å². The highest BCUT2D eigenvalue weighted by atomic mass is 35.5. The topological polar surface area (TPSA) is 101 Å². The zero-order valence-electron chi connectivity index (χ0n) is 9.32. The minimum atomic E-state index is -1.41. The first-order valence-corrected chi connectivity index (χ1v) is 5.70. The molecular formula is C11H12ClNO5. The highest BCUT2D eigenvalue weighted by molar-refractivity contribution is 6.17. The fraction of sp³-hybridized carbons (Fsp3) is 0.364. The van der Waals surface area contributed by atoms with Crippen LogP contribution < -0.4 is 0 Å². The summed E-state index contributed by atoms with van der Waals surface area (Å²) in [7, 11) is 0. The second-order valence-electron chi connectivity index (χ2n) is 3.68. The number of aldehydes is 1. The summed E-state index contributed by atoms with van der Waals surface area (Å²) in [6.45, 7) is 0. The summed E-state index contributed by atoms with van der Waals surface area (Å²) < 4.78 is 0. The molecule has 0 aliphatic rings. The summed E-state index contributed by atoms with van der Waals surface area (Å²) in [5, 5.41) is 30.2. The number of aliphatic hydroxyl groups is 2. The van der Waals surface area contributed by atoms with Crippen molar-refractivity contribution < 1.29 is 19.9 Å². The van der Waals surface area contributed by atoms with Crippen molar-refractivity contribution in [1.29, 1.82) is 0 Å². The first-order valence-electron chi connectivity index (χ1n) is 5.17. The van der Waals surface area contributed by atoms with E-state index in [2.05, 4.69) is 0 Å². The van der Waals surface area contributed by atoms with E-state index in [0.29, 0.717) is 6.29 Å². The number of hydrogen-bond donors (Lipinski definition) is 2. The summed E-state index contributed by atoms with van der Waals surface area (Å²) in [4.78, 5) is 20.7. The third-order valence-corrected chi connectivity index (χ3v) is 2.69. The van der Waals surface area contributed by atoms with Gasteiger partial charge in [-0.3, -0.25) is 14.9 Å². The van der Waals surface area contributed by atoms with Gasteiger partial charge in [-0.2, -0.15) is 0 Å². The quantitative estimate of drug-likeness (QED) is 0.353. The molecule has 1 rings (SSSR count). The van der Waals surface area contributed by atoms with Crippen molar-refractivity contribution in [1.82, 2.24) is 0 Å². The van der Waals surface area contributed by atoms with Crippen molar-refractivity contribution in [3.8, 4) is 0 Å². The van der Waals surface area contributed by atoms with Crippen LogP contribution in [0.4, 0.5) is 5.69 Å². The zero-order chi connectivity index (χ0) is 13.7. The Kier molecular flexibility index (Phi) is 5.21. The maximum atomic E-state index is 10.8. The highest BCUT2D eigenvalue weighted by Gasteiger charge is 2.26. The number of alkyl halides is 1. The van der Waals surface area contributed by atoms with Gasteiger partial charge in [-0.25, -0.2) is 0 Å². The molecule has 0 spiro atoms. The monoisotopic (exact) mass is 273 g/mol. The molecule has 2 atom stereocenters. The summed E-state index contributed by atoms with van der Waals surface area (Å²) in [5.74, 6) is 0.123. The molecule has 1 aromatic carbocycles. The standard InChI is InChI=1S/C11H12ClNO5/c12-4-3-10(15)11(16)8-2-1-7(6-14)5-9(8)13(17)18/h1-2,5-6,10-11,15-16H,3-4H2. The molecule has 0 bridgehead atoms. The average molecular weight is 274 g/mol. The van der Waals surface area contributed by atoms with Crippen LogP contribution >= 0.6 is 11.6 Å². The maximum Gasteiger partial charge on any atom is 0.276 e. The van der Waals surface area contributed by atoms with E-state index in [1.165, 1.54) is 12.1 Å². The van der Waals surface area contributed by atoms with Gasteiger partial charge >= 0.3 is 0 Å². The summed E-state index contributed by atoms with van der Waals surface area (Å²) in [6.07, 6.45) is -2.03. The van der Waals surface area contributed by atoms with Crippen LogP contribution in [0.15, 0.2) is 18.2 Å². The minimum Gasteiger partial charge on any atom is -0.390 e. The van der Waals surface area contributed by atoms with Crippen molar-refractivity contribution in [3.05, 3.63) is 39.4 Å². The molecule has 0 heterocycles. The van der Waals surface area contributed by atoms with Gasteiger partial charge in [0.15, 0.2) is 0 Å². The van der Waals surface area contributed by atoms with E-state index in [4.69, 9.17) is 11.6 Å².